The number of rotatable bonds is 16. The largest absolute Gasteiger partial charge is 0.353 e. The Kier molecular flexibility index (Phi) is 11.8. The molecule has 7 aromatic heterocycles. The van der Waals surface area contributed by atoms with Crippen molar-refractivity contribution >= 4 is 90.3 Å². The van der Waals surface area contributed by atoms with E-state index in [1.165, 1.54) is 158 Å². The minimum atomic E-state index is 0.307. The van der Waals surface area contributed by atoms with Gasteiger partial charge in [-0.05, 0) is 125 Å². The number of allylic oxidation sites excluding steroid dienone is 2. The fourth-order valence-corrected chi connectivity index (χ4v) is 15.5. The van der Waals surface area contributed by atoms with Crippen LogP contribution in [0.15, 0.2) is 108 Å². The van der Waals surface area contributed by atoms with E-state index >= 15 is 0 Å². The van der Waals surface area contributed by atoms with Crippen LogP contribution in [0.25, 0.3) is 65.9 Å². The molecule has 2 nitrogen and oxygen atoms in total. The van der Waals surface area contributed by atoms with E-state index in [1.807, 2.05) is 68.0 Å². The quantitative estimate of drug-likeness (QED) is 0.0878. The Morgan fingerprint density at radius 2 is 1.05 bits per heavy atom. The average molecular weight is 897 g/mol. The van der Waals surface area contributed by atoms with E-state index in [-0.39, 0.29) is 0 Å². The molecular weight excluding hydrogens is 845 g/mol. The molecular formula is C52H52N2S6. The summed E-state index contributed by atoms with van der Waals surface area (Å²) in [6.07, 6.45) is 20.3. The molecule has 8 heterocycles. The normalized spacial score (nSPS) is 16.0. The van der Waals surface area contributed by atoms with Crippen LogP contribution in [0.3, 0.4) is 0 Å². The van der Waals surface area contributed by atoms with Crippen molar-refractivity contribution in [3.05, 3.63) is 129 Å². The first-order valence-electron chi connectivity index (χ1n) is 21.8. The molecule has 8 aromatic rings. The summed E-state index contributed by atoms with van der Waals surface area (Å²) >= 11 is 11.5. The van der Waals surface area contributed by atoms with Crippen LogP contribution >= 0.6 is 68.0 Å². The molecule has 8 heteroatoms. The number of unbranched alkanes of at least 4 members (excludes halogenated alkanes) is 6. The number of benzene rings is 1. The highest BCUT2D eigenvalue weighted by atomic mass is 32.1. The summed E-state index contributed by atoms with van der Waals surface area (Å²) in [5, 5.41) is 6.11. The summed E-state index contributed by atoms with van der Waals surface area (Å²) in [4.78, 5) is 16.2. The highest BCUT2D eigenvalue weighted by Crippen LogP contribution is 2.51. The van der Waals surface area contributed by atoms with E-state index in [0.29, 0.717) is 12.0 Å². The van der Waals surface area contributed by atoms with E-state index < -0.39 is 0 Å². The highest BCUT2D eigenvalue weighted by Gasteiger charge is 2.40. The number of fused-ring (bicyclic) bond motifs is 5. The van der Waals surface area contributed by atoms with Crippen LogP contribution in [0.1, 0.15) is 92.7 Å². The van der Waals surface area contributed by atoms with Gasteiger partial charge in [0.2, 0.25) is 0 Å². The average Bonchev–Trinajstić information content (AvgIpc) is 4.12. The Morgan fingerprint density at radius 1 is 0.533 bits per heavy atom. The van der Waals surface area contributed by atoms with Crippen LogP contribution in [0.2, 0.25) is 0 Å². The topological polar surface area (TPSA) is 8.17 Å². The summed E-state index contributed by atoms with van der Waals surface area (Å²) in [5.74, 6) is 1.68. The Bertz CT molecular complexity index is 2820. The van der Waals surface area contributed by atoms with Crippen LogP contribution in [0, 0.1) is 0 Å². The van der Waals surface area contributed by atoms with Gasteiger partial charge in [-0.2, -0.15) is 0 Å². The smallest absolute Gasteiger partial charge is 0.113 e. The number of hydrogen-bond acceptors (Lipinski definition) is 7. The van der Waals surface area contributed by atoms with Gasteiger partial charge in [0, 0.05) is 79.7 Å². The van der Waals surface area contributed by atoms with E-state index in [0.717, 1.165) is 0 Å². The van der Waals surface area contributed by atoms with Crippen LogP contribution < -0.4 is 4.90 Å². The van der Waals surface area contributed by atoms with Gasteiger partial charge < -0.3 is 9.47 Å². The third-order valence-corrected chi connectivity index (χ3v) is 19.6. The molecule has 1 aliphatic heterocycles. The Morgan fingerprint density at radius 3 is 1.63 bits per heavy atom. The first kappa shape index (κ1) is 40.3. The lowest BCUT2D eigenvalue weighted by Gasteiger charge is -2.27. The first-order chi connectivity index (χ1) is 29.4. The van der Waals surface area contributed by atoms with Crippen molar-refractivity contribution in [3.8, 4) is 49.5 Å². The molecule has 1 aliphatic carbocycles. The van der Waals surface area contributed by atoms with Gasteiger partial charge in [-0.15, -0.1) is 68.0 Å². The maximum Gasteiger partial charge on any atom is 0.113 e. The zero-order valence-electron chi connectivity index (χ0n) is 35.0. The number of hydrogen-bond donors (Lipinski definition) is 0. The van der Waals surface area contributed by atoms with Gasteiger partial charge in [-0.1, -0.05) is 82.7 Å². The predicted molar refractivity (Wildman–Crippen MR) is 272 cm³/mol. The van der Waals surface area contributed by atoms with Gasteiger partial charge in [0.05, 0.1) is 11.6 Å². The van der Waals surface area contributed by atoms with E-state index in [1.54, 1.807) is 0 Å². The second kappa shape index (κ2) is 17.5. The standard InChI is InChI=1S/C52H52N2S6/c1-5-7-9-11-13-33-27-49(55-31-33)47-25-23-45(59-47)43-21-19-41(57-43)35-15-17-37-39(29-35)53(3)52-51(37)38-18-16-36(30-40(38)54(52)4)42-20-22-44(58-42)46-24-26-48(60-46)50-28-34(32-56-50)14-12-10-8-6-2/h15-32,37,39H,5-14H2,1-4H3. The van der Waals surface area contributed by atoms with Crippen molar-refractivity contribution in [3.63, 3.8) is 0 Å². The summed E-state index contributed by atoms with van der Waals surface area (Å²) in [7, 11) is 4.54. The van der Waals surface area contributed by atoms with Gasteiger partial charge in [0.25, 0.3) is 0 Å². The summed E-state index contributed by atoms with van der Waals surface area (Å²) in [6.45, 7) is 4.57. The van der Waals surface area contributed by atoms with Crippen LogP contribution in [-0.2, 0) is 19.9 Å². The Balaban J connectivity index is 0.826. The molecule has 2 atom stereocenters. The second-order valence-corrected chi connectivity index (χ2v) is 22.7. The van der Waals surface area contributed by atoms with Gasteiger partial charge in [0.1, 0.15) is 5.82 Å². The fraction of sp³-hybridized carbons (Fsp3) is 0.308. The van der Waals surface area contributed by atoms with Crippen LogP contribution in [0.5, 0.6) is 0 Å². The maximum absolute atomic E-state index is 2.52. The SMILES string of the molecule is CCCCCCc1csc(-c2ccc(-c3ccc(C4=CC5C(C=C4)c4c(n(C)c6cc(-c7ccc(-c8ccc(-c9cc(CCCCCC)cs9)s8)s7)ccc46)N5C)s3)s2)c1. The molecule has 1 aromatic carbocycles. The molecule has 60 heavy (non-hydrogen) atoms. The number of anilines is 1. The van der Waals surface area contributed by atoms with Crippen molar-refractivity contribution in [1.82, 2.24) is 4.57 Å². The van der Waals surface area contributed by atoms with E-state index in [2.05, 4.69) is 145 Å². The minimum Gasteiger partial charge on any atom is -0.353 e. The molecule has 0 fully saturated rings. The van der Waals surface area contributed by atoms with E-state index in [9.17, 15) is 0 Å². The molecule has 0 N–H and O–H groups in total. The van der Waals surface area contributed by atoms with Crippen LogP contribution in [0.4, 0.5) is 5.82 Å². The predicted octanol–water partition coefficient (Wildman–Crippen LogP) is 17.7. The van der Waals surface area contributed by atoms with Crippen molar-refractivity contribution < 1.29 is 0 Å². The Labute approximate surface area is 379 Å². The second-order valence-electron chi connectivity index (χ2n) is 16.6. The fourth-order valence-electron chi connectivity index (χ4n) is 9.19. The molecule has 0 radical (unpaired) electrons. The Hall–Kier alpha value is -3.76. The third-order valence-electron chi connectivity index (χ3n) is 12.4. The molecule has 2 aliphatic rings. The zero-order valence-corrected chi connectivity index (χ0v) is 39.9. The minimum absolute atomic E-state index is 0.307. The van der Waals surface area contributed by atoms with Gasteiger partial charge in [-0.3, -0.25) is 0 Å². The molecule has 306 valence electrons. The third kappa shape index (κ3) is 7.82. The molecule has 10 rings (SSSR count). The summed E-state index contributed by atoms with van der Waals surface area (Å²) in [5.41, 5.74) is 8.40. The number of thiophene rings is 6. The molecule has 0 saturated carbocycles. The van der Waals surface area contributed by atoms with Crippen molar-refractivity contribution in [2.75, 3.05) is 11.9 Å². The summed E-state index contributed by atoms with van der Waals surface area (Å²) in [6, 6.07) is 30.9. The molecule has 0 spiro atoms. The number of nitrogens with zero attached hydrogens (tertiary/aromatic N) is 2. The van der Waals surface area contributed by atoms with Gasteiger partial charge >= 0.3 is 0 Å². The molecule has 2 unspecified atom stereocenters. The van der Waals surface area contributed by atoms with Crippen molar-refractivity contribution in [1.29, 1.82) is 0 Å². The molecule has 0 bridgehead atoms. The summed E-state index contributed by atoms with van der Waals surface area (Å²) < 4.78 is 2.44. The van der Waals surface area contributed by atoms with Crippen LogP contribution in [-0.4, -0.2) is 17.7 Å². The molecule has 0 saturated heterocycles. The van der Waals surface area contributed by atoms with Gasteiger partial charge in [-0.25, -0.2) is 0 Å². The highest BCUT2D eigenvalue weighted by molar-refractivity contribution is 7.27. The van der Waals surface area contributed by atoms with Crippen molar-refractivity contribution in [2.24, 2.45) is 7.05 Å². The zero-order chi connectivity index (χ0) is 40.7. The maximum atomic E-state index is 2.52. The van der Waals surface area contributed by atoms with E-state index in [4.69, 9.17) is 0 Å². The van der Waals surface area contributed by atoms with Gasteiger partial charge in [0.15, 0.2) is 0 Å². The number of likely N-dealkylation sites (N-methyl/N-ethyl adjacent to an activating group) is 1. The lowest BCUT2D eigenvalue weighted by Crippen LogP contribution is -2.30. The number of aromatic nitrogens is 1. The number of aryl methyl sites for hydroxylation is 3. The van der Waals surface area contributed by atoms with Crippen molar-refractivity contribution in [2.45, 2.75) is 90.0 Å². The lowest BCUT2D eigenvalue weighted by atomic mass is 9.87. The monoisotopic (exact) mass is 896 g/mol. The first-order valence-corrected chi connectivity index (χ1v) is 26.8. The molecule has 0 amide bonds. The lowest BCUT2D eigenvalue weighted by molar-refractivity contribution is 0.667.